The molecule has 1 atom stereocenters. The van der Waals surface area contributed by atoms with Crippen LogP contribution in [-0.2, 0) is 39.9 Å². The van der Waals surface area contributed by atoms with E-state index in [1.54, 1.807) is 26.8 Å². The number of nitrogens with zero attached hydrogens (tertiary/aromatic N) is 4. The lowest BCUT2D eigenvalue weighted by Gasteiger charge is -2.37. The molecule has 3 aromatic heterocycles. The molecule has 246 valence electrons. The Morgan fingerprint density at radius 3 is 2.51 bits per heavy atom. The molecule has 2 aliphatic rings. The fourth-order valence-corrected chi connectivity index (χ4v) is 6.50. The third-order valence-electron chi connectivity index (χ3n) is 9.20. The monoisotopic (exact) mass is 636 g/mol. The molecule has 1 aromatic carbocycles. The average molecular weight is 637 g/mol. The van der Waals surface area contributed by atoms with E-state index in [0.717, 1.165) is 41.8 Å². The number of alkyl carbamates (subject to hydrolysis) is 1. The molecule has 4 aromatic rings. The second-order valence-electron chi connectivity index (χ2n) is 14.9. The molecule has 47 heavy (non-hydrogen) atoms. The predicted octanol–water partition coefficient (Wildman–Crippen LogP) is 6.17. The first kappa shape index (κ1) is 32.3. The highest BCUT2D eigenvalue weighted by molar-refractivity contribution is 5.94. The van der Waals surface area contributed by atoms with Crippen LogP contribution in [0.15, 0.2) is 59.7 Å². The quantitative estimate of drug-likeness (QED) is 0.248. The van der Waals surface area contributed by atoms with Crippen molar-refractivity contribution in [2.45, 2.75) is 109 Å². The van der Waals surface area contributed by atoms with E-state index in [-0.39, 0.29) is 29.5 Å². The van der Waals surface area contributed by atoms with Gasteiger partial charge in [-0.25, -0.2) is 9.89 Å². The van der Waals surface area contributed by atoms with Gasteiger partial charge in [-0.1, -0.05) is 39.0 Å². The fourth-order valence-electron chi connectivity index (χ4n) is 6.50. The third kappa shape index (κ3) is 6.77. The molecule has 3 heterocycles. The van der Waals surface area contributed by atoms with Crippen molar-refractivity contribution >= 4 is 22.8 Å². The Morgan fingerprint density at radius 2 is 1.83 bits per heavy atom. The highest BCUT2D eigenvalue weighted by Gasteiger charge is 2.54. The van der Waals surface area contributed by atoms with Gasteiger partial charge in [-0.2, -0.15) is 5.10 Å². The van der Waals surface area contributed by atoms with Crippen LogP contribution in [0.1, 0.15) is 107 Å². The van der Waals surface area contributed by atoms with Crippen LogP contribution in [0.5, 0.6) is 0 Å². The molecule has 0 spiro atoms. The zero-order valence-corrected chi connectivity index (χ0v) is 28.1. The molecular weight excluding hydrogens is 592 g/mol. The number of amides is 2. The van der Waals surface area contributed by atoms with Crippen molar-refractivity contribution in [2.75, 3.05) is 0 Å². The van der Waals surface area contributed by atoms with E-state index >= 15 is 0 Å². The summed E-state index contributed by atoms with van der Waals surface area (Å²) in [6, 6.07) is 13.6. The van der Waals surface area contributed by atoms with Gasteiger partial charge >= 0.3 is 6.09 Å². The molecule has 0 bridgehead atoms. The summed E-state index contributed by atoms with van der Waals surface area (Å²) in [7, 11) is 0. The first-order valence-corrected chi connectivity index (χ1v) is 16.4. The smallest absolute Gasteiger partial charge is 0.407 e. The van der Waals surface area contributed by atoms with Crippen molar-refractivity contribution in [1.29, 1.82) is 0 Å². The zero-order valence-electron chi connectivity index (χ0n) is 28.1. The molecule has 1 saturated carbocycles. The maximum atomic E-state index is 14.9. The summed E-state index contributed by atoms with van der Waals surface area (Å²) in [5, 5.41) is 10.6. The van der Waals surface area contributed by atoms with Crippen LogP contribution in [0.3, 0.4) is 0 Å². The summed E-state index contributed by atoms with van der Waals surface area (Å²) in [6.07, 6.45) is 7.26. The molecule has 2 amide bonds. The fraction of sp³-hybridized carbons (Fsp3) is 0.459. The van der Waals surface area contributed by atoms with Gasteiger partial charge in [0.05, 0.1) is 47.0 Å². The van der Waals surface area contributed by atoms with E-state index < -0.39 is 17.1 Å². The minimum absolute atomic E-state index is 0.0285. The molecule has 10 heteroatoms. The predicted molar refractivity (Wildman–Crippen MR) is 180 cm³/mol. The lowest BCUT2D eigenvalue weighted by atomic mass is 9.87. The van der Waals surface area contributed by atoms with E-state index in [2.05, 4.69) is 48.4 Å². The second kappa shape index (κ2) is 12.2. The topological polar surface area (TPSA) is 130 Å². The molecule has 1 unspecified atom stereocenters. The molecule has 0 saturated heterocycles. The van der Waals surface area contributed by atoms with Crippen LogP contribution < -0.4 is 10.9 Å². The van der Waals surface area contributed by atoms with Crippen LogP contribution in [0.4, 0.5) is 4.79 Å². The number of carbonyl (C=O) groups is 2. The lowest BCUT2D eigenvalue weighted by Crippen LogP contribution is -2.43. The summed E-state index contributed by atoms with van der Waals surface area (Å²) >= 11 is 0. The highest BCUT2D eigenvalue weighted by Crippen LogP contribution is 2.52. The Kier molecular flexibility index (Phi) is 8.40. The molecule has 2 aliphatic carbocycles. The van der Waals surface area contributed by atoms with Crippen LogP contribution >= 0.6 is 0 Å². The van der Waals surface area contributed by atoms with Crippen molar-refractivity contribution < 1.29 is 14.3 Å². The van der Waals surface area contributed by atoms with Crippen molar-refractivity contribution in [3.63, 3.8) is 0 Å². The Morgan fingerprint density at radius 1 is 1.04 bits per heavy atom. The van der Waals surface area contributed by atoms with E-state index in [0.29, 0.717) is 35.9 Å². The summed E-state index contributed by atoms with van der Waals surface area (Å²) < 4.78 is 5.39. The lowest BCUT2D eigenvalue weighted by molar-refractivity contribution is -0.137. The number of aromatic nitrogens is 4. The number of nitrogens with one attached hydrogen (secondary N) is 2. The normalized spacial score (nSPS) is 17.1. The molecule has 0 radical (unpaired) electrons. The van der Waals surface area contributed by atoms with Crippen molar-refractivity contribution in [1.82, 2.24) is 30.4 Å². The van der Waals surface area contributed by atoms with Crippen LogP contribution in [-0.4, -0.2) is 42.7 Å². The van der Waals surface area contributed by atoms with E-state index in [1.165, 1.54) is 5.56 Å². The maximum Gasteiger partial charge on any atom is 0.407 e. The van der Waals surface area contributed by atoms with Gasteiger partial charge in [0.15, 0.2) is 0 Å². The molecule has 0 aliphatic heterocycles. The minimum atomic E-state index is -0.746. The van der Waals surface area contributed by atoms with Crippen molar-refractivity contribution in [2.24, 2.45) is 0 Å². The number of aryl methyl sites for hydroxylation is 1. The highest BCUT2D eigenvalue weighted by atomic mass is 16.6. The van der Waals surface area contributed by atoms with Gasteiger partial charge in [-0.05, 0) is 99.2 Å². The number of rotatable bonds is 7. The molecule has 6 rings (SSSR count). The van der Waals surface area contributed by atoms with Crippen LogP contribution in [0, 0.1) is 0 Å². The van der Waals surface area contributed by atoms with Crippen LogP contribution in [0.25, 0.3) is 10.8 Å². The van der Waals surface area contributed by atoms with Gasteiger partial charge in [-0.3, -0.25) is 19.6 Å². The number of pyridine rings is 2. The summed E-state index contributed by atoms with van der Waals surface area (Å²) in [5.41, 5.74) is 3.67. The summed E-state index contributed by atoms with van der Waals surface area (Å²) in [4.78, 5) is 51.7. The first-order chi connectivity index (χ1) is 22.2. The number of hydrogen-bond acceptors (Lipinski definition) is 7. The number of aromatic amines is 1. The van der Waals surface area contributed by atoms with Gasteiger partial charge in [0.1, 0.15) is 5.60 Å². The number of hydrogen-bond donors (Lipinski definition) is 2. The Labute approximate surface area is 275 Å². The zero-order chi connectivity index (χ0) is 33.6. The number of H-pyrrole nitrogens is 1. The van der Waals surface area contributed by atoms with Gasteiger partial charge in [0.25, 0.3) is 5.56 Å². The molecule has 10 nitrogen and oxygen atoms in total. The first-order valence-electron chi connectivity index (χ1n) is 16.4. The SMILES string of the molecule is CC(C)(C)OC(=O)NCc1n[nH]c(=O)c2ccc(C3(C(=O)N(Cc4ccc(C(C)(C)C)cn4)C4CCCc5cccnc54)CC3)cc12. The number of benzene rings is 1. The van der Waals surface area contributed by atoms with Crippen LogP contribution in [0.2, 0.25) is 0 Å². The molecule has 1 fully saturated rings. The van der Waals surface area contributed by atoms with Gasteiger partial charge in [0, 0.05) is 17.8 Å². The molecule has 2 N–H and O–H groups in total. The Bertz CT molecular complexity index is 1870. The Balaban J connectivity index is 1.36. The summed E-state index contributed by atoms with van der Waals surface area (Å²) in [5.74, 6) is 0.0354. The average Bonchev–Trinajstić information content (AvgIpc) is 3.84. The largest absolute Gasteiger partial charge is 0.444 e. The number of ether oxygens (including phenoxy) is 1. The van der Waals surface area contributed by atoms with Crippen molar-refractivity contribution in [3.05, 3.63) is 99.0 Å². The van der Waals surface area contributed by atoms with E-state index in [1.807, 2.05) is 41.6 Å². The van der Waals surface area contributed by atoms with Gasteiger partial charge in [0.2, 0.25) is 5.91 Å². The molecular formula is C37H44N6O4. The second-order valence-corrected chi connectivity index (χ2v) is 14.9. The standard InChI is InChI=1S/C37H44N6O4/c1-35(2,3)25-12-14-26(39-20-25)22-43(30-11-7-9-23-10-8-18-38-31(23)30)33(45)37(16-17-37)24-13-15-27-28(19-24)29(41-42-32(27)44)21-40-34(46)47-36(4,5)6/h8,10,12-15,18-20,30H,7,9,11,16-17,21-22H2,1-6H3,(H,40,46)(H,42,44). The third-order valence-corrected chi connectivity index (χ3v) is 9.20. The van der Waals surface area contributed by atoms with Gasteiger partial charge in [-0.15, -0.1) is 0 Å². The number of carbonyl (C=O) groups excluding carboxylic acids is 2. The maximum absolute atomic E-state index is 14.9. The van der Waals surface area contributed by atoms with Crippen molar-refractivity contribution in [3.8, 4) is 0 Å². The minimum Gasteiger partial charge on any atom is -0.444 e. The van der Waals surface area contributed by atoms with E-state index in [4.69, 9.17) is 14.7 Å². The van der Waals surface area contributed by atoms with Gasteiger partial charge < -0.3 is 15.0 Å². The van der Waals surface area contributed by atoms with E-state index in [9.17, 15) is 14.4 Å². The summed E-state index contributed by atoms with van der Waals surface area (Å²) in [6.45, 7) is 12.3. The Hall–Kier alpha value is -4.60. The number of fused-ring (bicyclic) bond motifs is 2.